The van der Waals surface area contributed by atoms with Gasteiger partial charge in [-0.25, -0.2) is 4.99 Å². The third-order valence-corrected chi connectivity index (χ3v) is 5.79. The number of ether oxygens (including phenoxy) is 1. The molecule has 5 rings (SSSR count). The van der Waals surface area contributed by atoms with Gasteiger partial charge in [-0.05, 0) is 73.5 Å². The first kappa shape index (κ1) is 19.2. The molecule has 3 aromatic rings. The fourth-order valence-corrected chi connectivity index (χ4v) is 4.20. The first-order chi connectivity index (χ1) is 15.1. The van der Waals surface area contributed by atoms with E-state index in [1.54, 1.807) is 7.11 Å². The van der Waals surface area contributed by atoms with Crippen molar-refractivity contribution in [3.63, 3.8) is 0 Å². The maximum absolute atomic E-state index is 5.27. The maximum Gasteiger partial charge on any atom is 0.119 e. The van der Waals surface area contributed by atoms with Crippen molar-refractivity contribution in [3.8, 4) is 5.75 Å². The second-order valence-electron chi connectivity index (χ2n) is 8.08. The van der Waals surface area contributed by atoms with Crippen molar-refractivity contribution in [1.29, 1.82) is 0 Å². The van der Waals surface area contributed by atoms with Gasteiger partial charge in [0.25, 0.3) is 0 Å². The molecule has 2 aliphatic heterocycles. The molecule has 3 heterocycles. The van der Waals surface area contributed by atoms with Crippen LogP contribution in [0.3, 0.4) is 0 Å². The van der Waals surface area contributed by atoms with Crippen molar-refractivity contribution in [3.05, 3.63) is 94.6 Å². The third-order valence-electron chi connectivity index (χ3n) is 5.79. The number of benzene rings is 2. The molecule has 1 aromatic heterocycles. The van der Waals surface area contributed by atoms with E-state index in [4.69, 9.17) is 9.73 Å². The Balaban J connectivity index is 1.50. The van der Waals surface area contributed by atoms with Crippen LogP contribution in [0.15, 0.2) is 77.1 Å². The minimum absolute atomic E-state index is 0.204. The van der Waals surface area contributed by atoms with Crippen molar-refractivity contribution >= 4 is 23.2 Å². The zero-order valence-electron chi connectivity index (χ0n) is 18.0. The fraction of sp³-hybridized carbons (Fsp3) is 0.192. The number of anilines is 1. The molecule has 0 fully saturated rings. The third kappa shape index (κ3) is 3.87. The molecular weight excluding hydrogens is 384 g/mol. The first-order valence-corrected chi connectivity index (χ1v) is 10.5. The molecule has 0 aliphatic carbocycles. The zero-order chi connectivity index (χ0) is 21.4. The van der Waals surface area contributed by atoms with Crippen molar-refractivity contribution in [1.82, 2.24) is 10.3 Å². The highest BCUT2D eigenvalue weighted by Gasteiger charge is 2.28. The number of allylic oxidation sites excluding steroid dienone is 1. The van der Waals surface area contributed by atoms with Gasteiger partial charge >= 0.3 is 0 Å². The molecule has 156 valence electrons. The van der Waals surface area contributed by atoms with E-state index in [1.807, 2.05) is 24.3 Å². The van der Waals surface area contributed by atoms with E-state index in [0.717, 1.165) is 46.4 Å². The van der Waals surface area contributed by atoms with Gasteiger partial charge in [0, 0.05) is 29.2 Å². The lowest BCUT2D eigenvalue weighted by Crippen LogP contribution is -2.25. The molecule has 2 aromatic carbocycles. The Morgan fingerprint density at radius 1 is 1.06 bits per heavy atom. The second-order valence-corrected chi connectivity index (χ2v) is 8.08. The molecule has 0 saturated carbocycles. The molecule has 0 radical (unpaired) electrons. The Labute approximate surface area is 182 Å². The van der Waals surface area contributed by atoms with Crippen molar-refractivity contribution in [2.45, 2.75) is 26.3 Å². The monoisotopic (exact) mass is 410 g/mol. The zero-order valence-corrected chi connectivity index (χ0v) is 18.0. The average molecular weight is 411 g/mol. The van der Waals surface area contributed by atoms with Crippen LogP contribution in [-0.2, 0) is 6.42 Å². The van der Waals surface area contributed by atoms with Crippen LogP contribution in [0.25, 0.3) is 6.08 Å². The van der Waals surface area contributed by atoms with Gasteiger partial charge in [0.15, 0.2) is 0 Å². The number of nitrogens with one attached hydrogen (secondary N) is 3. The summed E-state index contributed by atoms with van der Waals surface area (Å²) in [5, 5.41) is 7.27. The summed E-state index contributed by atoms with van der Waals surface area (Å²) in [5.41, 5.74) is 9.96. The van der Waals surface area contributed by atoms with E-state index in [2.05, 4.69) is 71.9 Å². The Hall–Kier alpha value is -3.73. The van der Waals surface area contributed by atoms with Gasteiger partial charge in [-0.1, -0.05) is 18.2 Å². The largest absolute Gasteiger partial charge is 0.497 e. The molecule has 31 heavy (non-hydrogen) atoms. The van der Waals surface area contributed by atoms with E-state index in [1.165, 1.54) is 16.8 Å². The number of hydrogen-bond acceptors (Lipinski definition) is 4. The van der Waals surface area contributed by atoms with Crippen molar-refractivity contribution in [2.24, 2.45) is 4.99 Å². The van der Waals surface area contributed by atoms with Gasteiger partial charge in [0.05, 0.1) is 30.2 Å². The summed E-state index contributed by atoms with van der Waals surface area (Å²) < 4.78 is 5.27. The molecule has 5 heteroatoms. The van der Waals surface area contributed by atoms with Crippen LogP contribution in [0.4, 0.5) is 11.4 Å². The molecule has 1 atom stereocenters. The molecule has 0 amide bonds. The maximum atomic E-state index is 5.27. The van der Waals surface area contributed by atoms with Gasteiger partial charge in [-0.3, -0.25) is 0 Å². The number of H-pyrrole nitrogens is 1. The Bertz CT molecular complexity index is 1190. The summed E-state index contributed by atoms with van der Waals surface area (Å²) in [4.78, 5) is 8.37. The predicted octanol–water partition coefficient (Wildman–Crippen LogP) is 5.28. The molecule has 5 nitrogen and oxygen atoms in total. The highest BCUT2D eigenvalue weighted by atomic mass is 16.5. The lowest BCUT2D eigenvalue weighted by molar-refractivity contribution is 0.415. The smallest absolute Gasteiger partial charge is 0.119 e. The number of para-hydroxylation sites is 1. The molecule has 0 spiro atoms. The summed E-state index contributed by atoms with van der Waals surface area (Å²) in [7, 11) is 1.67. The van der Waals surface area contributed by atoms with E-state index in [9.17, 15) is 0 Å². The molecule has 2 aliphatic rings. The Kier molecular flexibility index (Phi) is 4.86. The van der Waals surface area contributed by atoms with Crippen LogP contribution < -0.4 is 15.4 Å². The summed E-state index contributed by atoms with van der Waals surface area (Å²) >= 11 is 0. The van der Waals surface area contributed by atoms with Crippen molar-refractivity contribution < 1.29 is 4.74 Å². The fourth-order valence-electron chi connectivity index (χ4n) is 4.20. The topological polar surface area (TPSA) is 61.4 Å². The van der Waals surface area contributed by atoms with Gasteiger partial charge in [0.2, 0.25) is 0 Å². The molecule has 3 N–H and O–H groups in total. The number of aliphatic imine (C=N–C) groups is 1. The standard InChI is InChI=1S/C26H26N4O/c1-16-12-17(2)27-22(16)14-25-24(28-19-8-10-20(31-3)11-9-19)15-26(30-25)23-13-18-6-4-5-7-21(18)29-23/h4-12,14-15,23,27,29-30H,13H2,1-3H3/b25-14-,28-24?. The number of aryl methyl sites for hydroxylation is 2. The number of fused-ring (bicyclic) bond motifs is 1. The summed E-state index contributed by atoms with van der Waals surface area (Å²) in [5.74, 6) is 0.825. The van der Waals surface area contributed by atoms with E-state index >= 15 is 0 Å². The van der Waals surface area contributed by atoms with E-state index in [0.29, 0.717) is 0 Å². The summed E-state index contributed by atoms with van der Waals surface area (Å²) in [6.07, 6.45) is 5.26. The van der Waals surface area contributed by atoms with Crippen LogP contribution in [0.5, 0.6) is 5.75 Å². The van der Waals surface area contributed by atoms with Crippen molar-refractivity contribution in [2.75, 3.05) is 12.4 Å². The van der Waals surface area contributed by atoms with Crippen LogP contribution in [0.2, 0.25) is 0 Å². The number of nitrogens with zero attached hydrogens (tertiary/aromatic N) is 1. The van der Waals surface area contributed by atoms with Crippen LogP contribution >= 0.6 is 0 Å². The van der Waals surface area contributed by atoms with Gasteiger partial charge in [-0.2, -0.15) is 0 Å². The van der Waals surface area contributed by atoms with E-state index < -0.39 is 0 Å². The minimum Gasteiger partial charge on any atom is -0.497 e. The second kappa shape index (κ2) is 7.84. The van der Waals surface area contributed by atoms with Crippen LogP contribution in [0, 0.1) is 13.8 Å². The quantitative estimate of drug-likeness (QED) is 0.549. The van der Waals surface area contributed by atoms with Gasteiger partial charge < -0.3 is 20.4 Å². The van der Waals surface area contributed by atoms with E-state index in [-0.39, 0.29) is 6.04 Å². The number of aromatic amines is 1. The number of rotatable bonds is 4. The predicted molar refractivity (Wildman–Crippen MR) is 127 cm³/mol. The molecule has 0 bridgehead atoms. The molecule has 1 unspecified atom stereocenters. The number of hydrogen-bond donors (Lipinski definition) is 3. The minimum atomic E-state index is 0.204. The van der Waals surface area contributed by atoms with Gasteiger partial charge in [-0.15, -0.1) is 0 Å². The highest BCUT2D eigenvalue weighted by Crippen LogP contribution is 2.31. The lowest BCUT2D eigenvalue weighted by Gasteiger charge is -2.14. The first-order valence-electron chi connectivity index (χ1n) is 10.5. The average Bonchev–Trinajstić information content (AvgIpc) is 3.46. The SMILES string of the molecule is COc1ccc(N=C2C=C(C3Cc4ccccc4N3)N/C2=C\c2[nH]c(C)cc2C)cc1. The Morgan fingerprint density at radius 2 is 1.87 bits per heavy atom. The van der Waals surface area contributed by atoms with Crippen LogP contribution in [0.1, 0.15) is 22.5 Å². The Morgan fingerprint density at radius 3 is 2.58 bits per heavy atom. The molecular formula is C26H26N4O. The lowest BCUT2D eigenvalue weighted by atomic mass is 10.1. The molecule has 0 saturated heterocycles. The number of aromatic nitrogens is 1. The summed E-state index contributed by atoms with van der Waals surface area (Å²) in [6, 6.07) is 18.7. The van der Waals surface area contributed by atoms with Gasteiger partial charge in [0.1, 0.15) is 5.75 Å². The number of methoxy groups -OCH3 is 1. The highest BCUT2D eigenvalue weighted by molar-refractivity contribution is 6.14. The normalized spacial score (nSPS) is 19.8. The summed E-state index contributed by atoms with van der Waals surface area (Å²) in [6.45, 7) is 4.20. The van der Waals surface area contributed by atoms with Crippen LogP contribution in [-0.4, -0.2) is 23.8 Å².